The predicted octanol–water partition coefficient (Wildman–Crippen LogP) is 3.02. The molecule has 122 valence electrons. The van der Waals surface area contributed by atoms with Gasteiger partial charge in [0.05, 0.1) is 24.8 Å². The highest BCUT2D eigenvalue weighted by atomic mass is 32.2. The Kier molecular flexibility index (Phi) is 3.93. The minimum atomic E-state index is -3.64. The van der Waals surface area contributed by atoms with E-state index in [1.54, 1.807) is 12.1 Å². The average molecular weight is 333 g/mol. The minimum absolute atomic E-state index is 0.168. The summed E-state index contributed by atoms with van der Waals surface area (Å²) in [6.07, 6.45) is 0. The largest absolute Gasteiger partial charge is 0.493 e. The fourth-order valence-corrected chi connectivity index (χ4v) is 4.50. The number of benzene rings is 2. The Bertz CT molecular complexity index is 832. The van der Waals surface area contributed by atoms with Gasteiger partial charge in [-0.1, -0.05) is 25.1 Å². The van der Waals surface area contributed by atoms with Gasteiger partial charge in [-0.15, -0.1) is 0 Å². The molecule has 0 fully saturated rings. The number of para-hydroxylation sites is 1. The van der Waals surface area contributed by atoms with Crippen molar-refractivity contribution >= 4 is 15.7 Å². The summed E-state index contributed by atoms with van der Waals surface area (Å²) < 4.78 is 37.9. The van der Waals surface area contributed by atoms with E-state index in [0.29, 0.717) is 18.0 Å². The molecule has 23 heavy (non-hydrogen) atoms. The van der Waals surface area contributed by atoms with Crippen molar-refractivity contribution in [3.63, 3.8) is 0 Å². The molecule has 1 heterocycles. The third-order valence-electron chi connectivity index (χ3n) is 4.12. The van der Waals surface area contributed by atoms with E-state index in [2.05, 4.69) is 0 Å². The summed E-state index contributed by atoms with van der Waals surface area (Å²) >= 11 is 0. The highest BCUT2D eigenvalue weighted by Crippen LogP contribution is 2.40. The Balaban J connectivity index is 2.07. The summed E-state index contributed by atoms with van der Waals surface area (Å²) in [5, 5.41) is 0. The number of nitrogens with zero attached hydrogens (tertiary/aromatic N) is 1. The van der Waals surface area contributed by atoms with Crippen LogP contribution in [0.2, 0.25) is 0 Å². The molecule has 5 nitrogen and oxygen atoms in total. The van der Waals surface area contributed by atoms with Crippen LogP contribution in [0, 0.1) is 0 Å². The van der Waals surface area contributed by atoms with Crippen LogP contribution in [0.25, 0.3) is 0 Å². The van der Waals surface area contributed by atoms with Crippen molar-refractivity contribution in [3.8, 4) is 11.5 Å². The van der Waals surface area contributed by atoms with Gasteiger partial charge in [-0.3, -0.25) is 4.31 Å². The lowest BCUT2D eigenvalue weighted by Gasteiger charge is -2.20. The number of hydrogen-bond acceptors (Lipinski definition) is 4. The maximum Gasteiger partial charge on any atom is 0.264 e. The van der Waals surface area contributed by atoms with Crippen LogP contribution in [-0.2, 0) is 10.0 Å². The molecule has 2 aromatic carbocycles. The number of fused-ring (bicyclic) bond motifs is 1. The molecule has 0 bridgehead atoms. The number of rotatable bonds is 4. The number of anilines is 1. The normalized spacial score (nSPS) is 17.0. The average Bonchev–Trinajstić information content (AvgIpc) is 2.92. The highest BCUT2D eigenvalue weighted by molar-refractivity contribution is 7.92. The lowest BCUT2D eigenvalue weighted by molar-refractivity contribution is 0.354. The Morgan fingerprint density at radius 3 is 2.43 bits per heavy atom. The first-order valence-corrected chi connectivity index (χ1v) is 8.76. The number of methoxy groups -OCH3 is 2. The Hall–Kier alpha value is -2.21. The molecule has 1 aliphatic rings. The van der Waals surface area contributed by atoms with E-state index in [1.165, 1.54) is 24.6 Å². The van der Waals surface area contributed by atoms with Crippen molar-refractivity contribution in [2.24, 2.45) is 0 Å². The van der Waals surface area contributed by atoms with Crippen LogP contribution < -0.4 is 13.8 Å². The second kappa shape index (κ2) is 5.77. The van der Waals surface area contributed by atoms with E-state index in [9.17, 15) is 8.42 Å². The molecular weight excluding hydrogens is 314 g/mol. The summed E-state index contributed by atoms with van der Waals surface area (Å²) in [5.74, 6) is 1.07. The van der Waals surface area contributed by atoms with Crippen LogP contribution in [0.5, 0.6) is 11.5 Å². The zero-order valence-electron chi connectivity index (χ0n) is 13.3. The molecule has 0 amide bonds. The maximum absolute atomic E-state index is 13.0. The van der Waals surface area contributed by atoms with E-state index in [-0.39, 0.29) is 10.8 Å². The Labute approximate surface area is 136 Å². The van der Waals surface area contributed by atoms with Gasteiger partial charge >= 0.3 is 0 Å². The minimum Gasteiger partial charge on any atom is -0.493 e. The molecule has 1 unspecified atom stereocenters. The van der Waals surface area contributed by atoms with E-state index < -0.39 is 10.0 Å². The molecule has 0 saturated heterocycles. The fourth-order valence-electron chi connectivity index (χ4n) is 2.91. The third-order valence-corrected chi connectivity index (χ3v) is 5.89. The van der Waals surface area contributed by atoms with Crippen LogP contribution in [-0.4, -0.2) is 29.2 Å². The standard InChI is InChI=1S/C17H19NO4S/c1-12-11-18(15-7-5-4-6-14(12)15)23(19,20)13-8-9-16(21-2)17(10-13)22-3/h4-10,12H,11H2,1-3H3. The quantitative estimate of drug-likeness (QED) is 0.863. The van der Waals surface area contributed by atoms with E-state index in [0.717, 1.165) is 11.3 Å². The fraction of sp³-hybridized carbons (Fsp3) is 0.294. The van der Waals surface area contributed by atoms with Crippen molar-refractivity contribution in [1.82, 2.24) is 0 Å². The summed E-state index contributed by atoms with van der Waals surface area (Å²) in [5.41, 5.74) is 1.80. The van der Waals surface area contributed by atoms with Gasteiger partial charge in [-0.25, -0.2) is 8.42 Å². The van der Waals surface area contributed by atoms with Crippen LogP contribution in [0.3, 0.4) is 0 Å². The summed E-state index contributed by atoms with van der Waals surface area (Å²) in [4.78, 5) is 0.194. The summed E-state index contributed by atoms with van der Waals surface area (Å²) in [7, 11) is -0.639. The van der Waals surface area contributed by atoms with Gasteiger partial charge < -0.3 is 9.47 Å². The van der Waals surface area contributed by atoms with Crippen molar-refractivity contribution in [2.75, 3.05) is 25.1 Å². The van der Waals surface area contributed by atoms with Crippen LogP contribution in [0.15, 0.2) is 47.4 Å². The first kappa shape index (κ1) is 15.7. The smallest absolute Gasteiger partial charge is 0.264 e. The molecule has 2 aromatic rings. The topological polar surface area (TPSA) is 55.8 Å². The second-order valence-electron chi connectivity index (χ2n) is 5.51. The maximum atomic E-state index is 13.0. The molecule has 0 radical (unpaired) electrons. The van der Waals surface area contributed by atoms with E-state index in [1.807, 2.05) is 31.2 Å². The van der Waals surface area contributed by atoms with Gasteiger partial charge in [0.15, 0.2) is 11.5 Å². The molecule has 0 saturated carbocycles. The molecule has 1 aliphatic heterocycles. The van der Waals surface area contributed by atoms with Crippen molar-refractivity contribution in [3.05, 3.63) is 48.0 Å². The lowest BCUT2D eigenvalue weighted by Crippen LogP contribution is -2.29. The van der Waals surface area contributed by atoms with Gasteiger partial charge in [0.25, 0.3) is 10.0 Å². The predicted molar refractivity (Wildman–Crippen MR) is 88.9 cm³/mol. The number of ether oxygens (including phenoxy) is 2. The monoisotopic (exact) mass is 333 g/mol. The van der Waals surface area contributed by atoms with Crippen LogP contribution in [0.4, 0.5) is 5.69 Å². The summed E-state index contributed by atoms with van der Waals surface area (Å²) in [6.45, 7) is 2.47. The van der Waals surface area contributed by atoms with Gasteiger partial charge in [0, 0.05) is 18.5 Å². The Morgan fingerprint density at radius 2 is 1.74 bits per heavy atom. The molecule has 0 aliphatic carbocycles. The van der Waals surface area contributed by atoms with Crippen molar-refractivity contribution in [1.29, 1.82) is 0 Å². The highest BCUT2D eigenvalue weighted by Gasteiger charge is 2.34. The molecule has 3 rings (SSSR count). The summed E-state index contributed by atoms with van der Waals surface area (Å²) in [6, 6.07) is 12.3. The SMILES string of the molecule is COc1ccc(S(=O)(=O)N2CC(C)c3ccccc32)cc1OC. The second-order valence-corrected chi connectivity index (χ2v) is 7.38. The molecule has 0 aromatic heterocycles. The first-order chi connectivity index (χ1) is 11.0. The zero-order chi connectivity index (χ0) is 16.6. The first-order valence-electron chi connectivity index (χ1n) is 7.32. The van der Waals surface area contributed by atoms with Gasteiger partial charge in [0.1, 0.15) is 0 Å². The molecule has 6 heteroatoms. The van der Waals surface area contributed by atoms with Gasteiger partial charge in [0.2, 0.25) is 0 Å². The molecule has 0 spiro atoms. The van der Waals surface area contributed by atoms with Gasteiger partial charge in [-0.05, 0) is 23.8 Å². The Morgan fingerprint density at radius 1 is 1.04 bits per heavy atom. The number of sulfonamides is 1. The molecule has 0 N–H and O–H groups in total. The zero-order valence-corrected chi connectivity index (χ0v) is 14.1. The van der Waals surface area contributed by atoms with Gasteiger partial charge in [-0.2, -0.15) is 0 Å². The third kappa shape index (κ3) is 2.53. The van der Waals surface area contributed by atoms with E-state index in [4.69, 9.17) is 9.47 Å². The van der Waals surface area contributed by atoms with Crippen molar-refractivity contribution in [2.45, 2.75) is 17.7 Å². The number of hydrogen-bond donors (Lipinski definition) is 0. The molecular formula is C17H19NO4S. The lowest BCUT2D eigenvalue weighted by atomic mass is 10.0. The van der Waals surface area contributed by atoms with E-state index >= 15 is 0 Å². The van der Waals surface area contributed by atoms with Crippen molar-refractivity contribution < 1.29 is 17.9 Å². The molecule has 1 atom stereocenters. The van der Waals surface area contributed by atoms with Crippen LogP contribution >= 0.6 is 0 Å². The van der Waals surface area contributed by atoms with Crippen LogP contribution in [0.1, 0.15) is 18.4 Å².